The van der Waals surface area contributed by atoms with Gasteiger partial charge >= 0.3 is 47.5 Å². The molecule has 0 aromatic heterocycles. The van der Waals surface area contributed by atoms with Crippen molar-refractivity contribution >= 4 is 25.7 Å². The second kappa shape index (κ2) is 38.5. The van der Waals surface area contributed by atoms with Crippen LogP contribution in [-0.2, 0) is 37.5 Å². The fourth-order valence-electron chi connectivity index (χ4n) is 5.52. The third-order valence-corrected chi connectivity index (χ3v) is 9.68. The Bertz CT molecular complexity index is 939. The summed E-state index contributed by atoms with van der Waals surface area (Å²) >= 11 is 0. The van der Waals surface area contributed by atoms with Crippen LogP contribution in [0.15, 0.2) is 12.2 Å². The number of carboxylic acid groups (broad SMARTS) is 1. The van der Waals surface area contributed by atoms with Crippen LogP contribution < -0.4 is 40.2 Å². The Labute approximate surface area is 338 Å². The molecule has 1 unspecified atom stereocenters. The predicted molar refractivity (Wildman–Crippen MR) is 201 cm³/mol. The van der Waals surface area contributed by atoms with Crippen LogP contribution in [0, 0.1) is 0 Å². The molecular weight excluding hydrogens is 696 g/mol. The maximum Gasteiger partial charge on any atom is 1.00 e. The molecule has 0 bridgehead atoms. The standard InChI is InChI=1S/C39H74NO10P.Na/c1-3-5-7-9-11-13-15-17-18-19-21-23-25-27-29-31-38(42)50-35(33-48-51(45,46)49-34-36(40)39(43)44)32-47-37(41)30-28-26-24-22-20-16-14-12-10-8-6-4-2;/h17-18,35-36H,3-16,19-34,40H2,1-2H3,(H,43,44)(H,45,46);/q;+1/p-1/b18-17+;/t35-,36+;/m1./s1. The number of phosphoric ester groups is 1. The van der Waals surface area contributed by atoms with Crippen molar-refractivity contribution in [2.24, 2.45) is 5.73 Å². The summed E-state index contributed by atoms with van der Waals surface area (Å²) in [6, 6.07) is -1.56. The molecule has 0 aliphatic carbocycles. The number of carboxylic acids is 1. The number of aliphatic carboxylic acids is 1. The Morgan fingerprint density at radius 3 is 1.44 bits per heavy atom. The summed E-state index contributed by atoms with van der Waals surface area (Å²) in [5.41, 5.74) is 5.29. The van der Waals surface area contributed by atoms with Gasteiger partial charge in [0.2, 0.25) is 0 Å². The molecule has 52 heavy (non-hydrogen) atoms. The molecule has 0 radical (unpaired) electrons. The molecule has 0 fully saturated rings. The average molecular weight is 770 g/mol. The number of allylic oxidation sites excluding steroid dienone is 2. The first kappa shape index (κ1) is 53.3. The van der Waals surface area contributed by atoms with E-state index >= 15 is 0 Å². The Kier molecular flexibility index (Phi) is 39.5. The van der Waals surface area contributed by atoms with Gasteiger partial charge in [-0.15, -0.1) is 0 Å². The number of unbranched alkanes of at least 4 members (excludes halogenated alkanes) is 22. The van der Waals surface area contributed by atoms with Gasteiger partial charge in [0, 0.05) is 12.8 Å². The van der Waals surface area contributed by atoms with Gasteiger partial charge in [0.05, 0.1) is 13.2 Å². The molecule has 11 nitrogen and oxygen atoms in total. The fraction of sp³-hybridized carbons (Fsp3) is 0.872. The van der Waals surface area contributed by atoms with Crippen molar-refractivity contribution in [3.05, 3.63) is 12.2 Å². The summed E-state index contributed by atoms with van der Waals surface area (Å²) in [5, 5.41) is 8.84. The Balaban J connectivity index is 0. The van der Waals surface area contributed by atoms with E-state index in [0.717, 1.165) is 57.8 Å². The second-order valence-corrected chi connectivity index (χ2v) is 15.2. The van der Waals surface area contributed by atoms with Crippen molar-refractivity contribution in [1.29, 1.82) is 0 Å². The van der Waals surface area contributed by atoms with E-state index < -0.39 is 51.1 Å². The zero-order chi connectivity index (χ0) is 37.8. The number of ether oxygens (including phenoxy) is 2. The number of hydrogen-bond acceptors (Lipinski definition) is 10. The van der Waals surface area contributed by atoms with Gasteiger partial charge in [-0.1, -0.05) is 148 Å². The molecule has 0 amide bonds. The van der Waals surface area contributed by atoms with E-state index in [1.54, 1.807) is 0 Å². The molecular formula is C39H73NNaO10P. The number of carbonyl (C=O) groups is 3. The van der Waals surface area contributed by atoms with Crippen molar-refractivity contribution in [3.63, 3.8) is 0 Å². The van der Waals surface area contributed by atoms with Gasteiger partial charge < -0.3 is 34.3 Å². The van der Waals surface area contributed by atoms with Crippen LogP contribution in [0.1, 0.15) is 187 Å². The van der Waals surface area contributed by atoms with Crippen molar-refractivity contribution in [2.75, 3.05) is 19.8 Å². The number of esters is 2. The Morgan fingerprint density at radius 2 is 1.00 bits per heavy atom. The van der Waals surface area contributed by atoms with Crippen molar-refractivity contribution in [1.82, 2.24) is 0 Å². The fourth-order valence-corrected chi connectivity index (χ4v) is 6.29. The summed E-state index contributed by atoms with van der Waals surface area (Å²) in [7, 11) is -4.96. The minimum absolute atomic E-state index is 0. The zero-order valence-corrected chi connectivity index (χ0v) is 36.1. The quantitative estimate of drug-likeness (QED) is 0.0231. The van der Waals surface area contributed by atoms with Gasteiger partial charge in [0.15, 0.2) is 6.10 Å². The van der Waals surface area contributed by atoms with Gasteiger partial charge in [-0.05, 0) is 38.5 Å². The zero-order valence-electron chi connectivity index (χ0n) is 33.2. The summed E-state index contributed by atoms with van der Waals surface area (Å²) in [6.07, 6.45) is 32.5. The number of phosphoric acid groups is 1. The summed E-state index contributed by atoms with van der Waals surface area (Å²) in [4.78, 5) is 47.9. The van der Waals surface area contributed by atoms with Crippen LogP contribution in [0.3, 0.4) is 0 Å². The van der Waals surface area contributed by atoms with E-state index in [1.165, 1.54) is 89.9 Å². The SMILES string of the molecule is CCCCCCCC/C=C/CCCCCCCC(=O)O[C@H](COC(=O)CCCCCCCCCCCCCC)COP(=O)([O-])OC[C@H](N)C(=O)O.[Na+]. The van der Waals surface area contributed by atoms with Crippen molar-refractivity contribution in [2.45, 2.75) is 199 Å². The van der Waals surface area contributed by atoms with Crippen LogP contribution in [0.4, 0.5) is 0 Å². The molecule has 3 N–H and O–H groups in total. The van der Waals surface area contributed by atoms with Crippen LogP contribution in [0.25, 0.3) is 0 Å². The van der Waals surface area contributed by atoms with E-state index in [-0.39, 0.29) is 49.0 Å². The van der Waals surface area contributed by atoms with Gasteiger partial charge in [-0.2, -0.15) is 0 Å². The van der Waals surface area contributed by atoms with Crippen LogP contribution >= 0.6 is 7.82 Å². The first-order chi connectivity index (χ1) is 24.6. The van der Waals surface area contributed by atoms with E-state index in [4.69, 9.17) is 24.8 Å². The second-order valence-electron chi connectivity index (χ2n) is 13.8. The molecule has 0 aliphatic rings. The molecule has 0 aromatic carbocycles. The summed E-state index contributed by atoms with van der Waals surface area (Å²) in [6.45, 7) is 2.63. The molecule has 0 spiro atoms. The minimum Gasteiger partial charge on any atom is -0.756 e. The van der Waals surface area contributed by atoms with E-state index in [2.05, 4.69) is 30.5 Å². The summed E-state index contributed by atoms with van der Waals surface area (Å²) < 4.78 is 32.2. The monoisotopic (exact) mass is 769 g/mol. The minimum atomic E-state index is -4.96. The third kappa shape index (κ3) is 37.5. The van der Waals surface area contributed by atoms with E-state index in [9.17, 15) is 23.8 Å². The normalized spacial score (nSPS) is 13.7. The van der Waals surface area contributed by atoms with Gasteiger partial charge in [0.25, 0.3) is 7.82 Å². The molecule has 0 aromatic rings. The van der Waals surface area contributed by atoms with Gasteiger partial charge in [-0.3, -0.25) is 18.9 Å². The molecule has 0 saturated carbocycles. The van der Waals surface area contributed by atoms with E-state index in [0.29, 0.717) is 12.8 Å². The number of carbonyl (C=O) groups excluding carboxylic acids is 2. The molecule has 0 aliphatic heterocycles. The molecule has 13 heteroatoms. The van der Waals surface area contributed by atoms with Crippen LogP contribution in [0.5, 0.6) is 0 Å². The first-order valence-corrected chi connectivity index (χ1v) is 21.7. The van der Waals surface area contributed by atoms with Gasteiger partial charge in [-0.25, -0.2) is 0 Å². The first-order valence-electron chi connectivity index (χ1n) is 20.2. The van der Waals surface area contributed by atoms with Gasteiger partial charge in [0.1, 0.15) is 12.6 Å². The van der Waals surface area contributed by atoms with Crippen molar-refractivity contribution < 1.29 is 77.0 Å². The predicted octanol–water partition coefficient (Wildman–Crippen LogP) is 6.49. The van der Waals surface area contributed by atoms with Crippen LogP contribution in [-0.4, -0.2) is 55.0 Å². The molecule has 0 saturated heterocycles. The maximum absolute atomic E-state index is 12.6. The molecule has 300 valence electrons. The molecule has 3 atom stereocenters. The third-order valence-electron chi connectivity index (χ3n) is 8.75. The topological polar surface area (TPSA) is 175 Å². The maximum atomic E-state index is 12.6. The number of nitrogens with two attached hydrogens (primary N) is 1. The summed E-state index contributed by atoms with van der Waals surface area (Å²) in [5.74, 6) is -2.44. The van der Waals surface area contributed by atoms with Crippen molar-refractivity contribution in [3.8, 4) is 0 Å². The Hall–Kier alpha value is -0.780. The van der Waals surface area contributed by atoms with Crippen LogP contribution in [0.2, 0.25) is 0 Å². The number of rotatable bonds is 38. The van der Waals surface area contributed by atoms with E-state index in [1.807, 2.05) is 0 Å². The largest absolute Gasteiger partial charge is 1.00 e. The molecule has 0 rings (SSSR count). The number of hydrogen-bond donors (Lipinski definition) is 2. The average Bonchev–Trinajstić information content (AvgIpc) is 3.10. The smallest absolute Gasteiger partial charge is 0.756 e. The Morgan fingerprint density at radius 1 is 0.615 bits per heavy atom. The molecule has 0 heterocycles.